The van der Waals surface area contributed by atoms with Crippen LogP contribution in [0.1, 0.15) is 12.5 Å². The predicted octanol–water partition coefficient (Wildman–Crippen LogP) is 2.02. The van der Waals surface area contributed by atoms with Crippen molar-refractivity contribution in [2.45, 2.75) is 12.5 Å². The lowest BCUT2D eigenvalue weighted by molar-refractivity contribution is -0.145. The van der Waals surface area contributed by atoms with E-state index in [0.29, 0.717) is 0 Å². The molecule has 0 saturated heterocycles. The molecule has 2 rings (SSSR count). The zero-order valence-electron chi connectivity index (χ0n) is 8.69. The summed E-state index contributed by atoms with van der Waals surface area (Å²) in [6.45, 7) is 1.84. The molecule has 1 heterocycles. The van der Waals surface area contributed by atoms with Crippen LogP contribution >= 0.6 is 0 Å². The molecule has 0 bridgehead atoms. The first kappa shape index (κ1) is 9.77. The smallest absolute Gasteiger partial charge is 0.331 e. The molecule has 0 spiro atoms. The van der Waals surface area contributed by atoms with Crippen LogP contribution in [-0.2, 0) is 15.1 Å². The Morgan fingerprint density at radius 1 is 1.33 bits per heavy atom. The Labute approximate surface area is 88.3 Å². The Morgan fingerprint density at radius 2 is 2.07 bits per heavy atom. The van der Waals surface area contributed by atoms with Crippen LogP contribution in [-0.4, -0.2) is 13.1 Å². The molecule has 0 fully saturated rings. The summed E-state index contributed by atoms with van der Waals surface area (Å²) in [7, 11) is 1.60. The Bertz CT molecular complexity index is 423. The van der Waals surface area contributed by atoms with Gasteiger partial charge in [-0.05, 0) is 19.1 Å². The second-order valence-corrected chi connectivity index (χ2v) is 3.56. The highest BCUT2D eigenvalue weighted by Crippen LogP contribution is 2.36. The molecule has 0 aromatic heterocycles. The van der Waals surface area contributed by atoms with Gasteiger partial charge in [-0.1, -0.05) is 18.2 Å². The van der Waals surface area contributed by atoms with Crippen LogP contribution in [0.2, 0.25) is 0 Å². The molecule has 0 radical (unpaired) electrons. The summed E-state index contributed by atoms with van der Waals surface area (Å²) in [5.74, 6) is 0.405. The topological polar surface area (TPSA) is 35.5 Å². The van der Waals surface area contributed by atoms with Crippen molar-refractivity contribution in [2.24, 2.45) is 0 Å². The fraction of sp³-hybridized carbons (Fsp3) is 0.250. The van der Waals surface area contributed by atoms with Gasteiger partial charge >= 0.3 is 5.97 Å². The molecular weight excluding hydrogens is 192 g/mol. The Morgan fingerprint density at radius 3 is 2.67 bits per heavy atom. The van der Waals surface area contributed by atoms with Crippen molar-refractivity contribution in [3.05, 3.63) is 42.0 Å². The minimum atomic E-state index is -0.705. The summed E-state index contributed by atoms with van der Waals surface area (Å²) in [5.41, 5.74) is 0.151. The molecule has 1 atom stereocenters. The van der Waals surface area contributed by atoms with Gasteiger partial charge in [-0.25, -0.2) is 4.79 Å². The molecule has 3 nitrogen and oxygen atoms in total. The molecule has 0 aliphatic carbocycles. The number of para-hydroxylation sites is 1. The van der Waals surface area contributed by atoms with E-state index in [4.69, 9.17) is 9.47 Å². The first-order valence-electron chi connectivity index (χ1n) is 4.71. The normalized spacial score (nSPS) is 24.0. The van der Waals surface area contributed by atoms with Crippen LogP contribution in [0, 0.1) is 0 Å². The average molecular weight is 204 g/mol. The molecule has 15 heavy (non-hydrogen) atoms. The number of hydrogen-bond acceptors (Lipinski definition) is 3. The zero-order valence-corrected chi connectivity index (χ0v) is 8.69. The summed E-state index contributed by atoms with van der Waals surface area (Å²) in [5, 5.41) is 0. The third-order valence-corrected chi connectivity index (χ3v) is 2.49. The highest BCUT2D eigenvalue weighted by atomic mass is 16.6. The fourth-order valence-electron chi connectivity index (χ4n) is 1.70. The molecule has 1 aliphatic rings. The molecule has 3 heteroatoms. The Kier molecular flexibility index (Phi) is 2.23. The second-order valence-electron chi connectivity index (χ2n) is 3.56. The molecule has 78 valence electrons. The number of carbonyl (C=O) groups is 1. The summed E-state index contributed by atoms with van der Waals surface area (Å²) >= 11 is 0. The van der Waals surface area contributed by atoms with Crippen LogP contribution in [0.15, 0.2) is 36.4 Å². The maximum Gasteiger partial charge on any atom is 0.331 e. The number of esters is 1. The SMILES string of the molecule is COc1ccccc1C1(C)C=CC(=O)O1. The van der Waals surface area contributed by atoms with Crippen LogP contribution in [0.4, 0.5) is 0 Å². The Hall–Kier alpha value is -1.77. The highest BCUT2D eigenvalue weighted by molar-refractivity contribution is 5.85. The van der Waals surface area contributed by atoms with Gasteiger partial charge in [-0.2, -0.15) is 0 Å². The van der Waals surface area contributed by atoms with Crippen molar-refractivity contribution in [3.8, 4) is 5.75 Å². The van der Waals surface area contributed by atoms with Gasteiger partial charge in [0.1, 0.15) is 5.75 Å². The Balaban J connectivity index is 2.45. The van der Waals surface area contributed by atoms with Gasteiger partial charge in [-0.3, -0.25) is 0 Å². The summed E-state index contributed by atoms with van der Waals surface area (Å²) in [4.78, 5) is 11.1. The lowest BCUT2D eigenvalue weighted by atomic mass is 9.95. The van der Waals surface area contributed by atoms with E-state index >= 15 is 0 Å². The number of hydrogen-bond donors (Lipinski definition) is 0. The first-order valence-corrected chi connectivity index (χ1v) is 4.71. The highest BCUT2D eigenvalue weighted by Gasteiger charge is 2.34. The van der Waals surface area contributed by atoms with E-state index in [0.717, 1.165) is 11.3 Å². The minimum Gasteiger partial charge on any atom is -0.496 e. The largest absolute Gasteiger partial charge is 0.496 e. The van der Waals surface area contributed by atoms with E-state index in [2.05, 4.69) is 0 Å². The van der Waals surface area contributed by atoms with E-state index in [9.17, 15) is 4.79 Å². The summed E-state index contributed by atoms with van der Waals surface area (Å²) < 4.78 is 10.5. The lowest BCUT2D eigenvalue weighted by Crippen LogP contribution is -2.21. The van der Waals surface area contributed by atoms with E-state index in [1.54, 1.807) is 13.2 Å². The van der Waals surface area contributed by atoms with Crippen molar-refractivity contribution in [1.82, 2.24) is 0 Å². The average Bonchev–Trinajstić information content (AvgIpc) is 2.60. The molecule has 1 aromatic rings. The van der Waals surface area contributed by atoms with Crippen molar-refractivity contribution in [3.63, 3.8) is 0 Å². The van der Waals surface area contributed by atoms with E-state index in [-0.39, 0.29) is 5.97 Å². The second kappa shape index (κ2) is 3.42. The van der Waals surface area contributed by atoms with Gasteiger partial charge < -0.3 is 9.47 Å². The minimum absolute atomic E-state index is 0.316. The first-order chi connectivity index (χ1) is 7.15. The van der Waals surface area contributed by atoms with Gasteiger partial charge in [0.15, 0.2) is 5.60 Å². The van der Waals surface area contributed by atoms with E-state index in [1.165, 1.54) is 6.08 Å². The fourth-order valence-corrected chi connectivity index (χ4v) is 1.70. The van der Waals surface area contributed by atoms with Gasteiger partial charge in [-0.15, -0.1) is 0 Å². The summed E-state index contributed by atoms with van der Waals surface area (Å²) in [6.07, 6.45) is 3.18. The van der Waals surface area contributed by atoms with E-state index in [1.807, 2.05) is 31.2 Å². The number of cyclic esters (lactones) is 1. The number of rotatable bonds is 2. The molecule has 1 aromatic carbocycles. The van der Waals surface area contributed by atoms with E-state index < -0.39 is 5.60 Å². The van der Waals surface area contributed by atoms with Crippen LogP contribution < -0.4 is 4.74 Å². The van der Waals surface area contributed by atoms with Crippen molar-refractivity contribution in [1.29, 1.82) is 0 Å². The molecule has 0 N–H and O–H groups in total. The predicted molar refractivity (Wildman–Crippen MR) is 55.6 cm³/mol. The van der Waals surface area contributed by atoms with Crippen LogP contribution in [0.25, 0.3) is 0 Å². The molecule has 0 saturated carbocycles. The number of ether oxygens (including phenoxy) is 2. The third-order valence-electron chi connectivity index (χ3n) is 2.49. The third kappa shape index (κ3) is 1.61. The number of methoxy groups -OCH3 is 1. The molecule has 1 aliphatic heterocycles. The van der Waals surface area contributed by atoms with Gasteiger partial charge in [0.05, 0.1) is 7.11 Å². The van der Waals surface area contributed by atoms with Crippen LogP contribution in [0.5, 0.6) is 5.75 Å². The molecular formula is C12H12O3. The maximum absolute atomic E-state index is 11.1. The van der Waals surface area contributed by atoms with Crippen molar-refractivity contribution in [2.75, 3.05) is 7.11 Å². The van der Waals surface area contributed by atoms with Gasteiger partial charge in [0.25, 0.3) is 0 Å². The monoisotopic (exact) mass is 204 g/mol. The zero-order chi connectivity index (χ0) is 10.9. The van der Waals surface area contributed by atoms with Gasteiger partial charge in [0.2, 0.25) is 0 Å². The van der Waals surface area contributed by atoms with Crippen molar-refractivity contribution < 1.29 is 14.3 Å². The van der Waals surface area contributed by atoms with Gasteiger partial charge in [0, 0.05) is 11.6 Å². The maximum atomic E-state index is 11.1. The van der Waals surface area contributed by atoms with Crippen LogP contribution in [0.3, 0.4) is 0 Å². The molecule has 0 amide bonds. The standard InChI is InChI=1S/C12H12O3/c1-12(8-7-11(13)15-12)9-5-3-4-6-10(9)14-2/h3-8H,1-2H3. The molecule has 1 unspecified atom stereocenters. The lowest BCUT2D eigenvalue weighted by Gasteiger charge is -2.23. The quantitative estimate of drug-likeness (QED) is 0.691. The number of benzene rings is 1. The summed E-state index contributed by atoms with van der Waals surface area (Å²) in [6, 6.07) is 7.51. The number of carbonyl (C=O) groups excluding carboxylic acids is 1. The van der Waals surface area contributed by atoms with Crippen molar-refractivity contribution >= 4 is 5.97 Å².